The molecular weight excluding hydrogens is 532 g/mol. The van der Waals surface area contributed by atoms with E-state index in [9.17, 15) is 15.0 Å². The van der Waals surface area contributed by atoms with Gasteiger partial charge in [0.15, 0.2) is 5.60 Å². The maximum Gasteiger partial charge on any atom is 0.340 e. The van der Waals surface area contributed by atoms with E-state index < -0.39 is 18.2 Å². The summed E-state index contributed by atoms with van der Waals surface area (Å²) in [5.41, 5.74) is -1.74. The zero-order chi connectivity index (χ0) is 31.5. The van der Waals surface area contributed by atoms with Crippen LogP contribution in [0.2, 0.25) is 0 Å². The van der Waals surface area contributed by atoms with Gasteiger partial charge >= 0.3 is 5.97 Å². The molecule has 4 nitrogen and oxygen atoms in total. The maximum absolute atomic E-state index is 12.4. The number of hydrogen-bond donors (Lipinski definition) is 2. The van der Waals surface area contributed by atoms with Crippen LogP contribution in [0.4, 0.5) is 0 Å². The van der Waals surface area contributed by atoms with E-state index in [-0.39, 0.29) is 6.42 Å². The summed E-state index contributed by atoms with van der Waals surface area (Å²) in [6.07, 6.45) is 43.0. The molecule has 256 valence electrons. The Balaban J connectivity index is 3.55. The van der Waals surface area contributed by atoms with Crippen molar-refractivity contribution in [2.45, 2.75) is 218 Å². The number of ether oxygens (including phenoxy) is 1. The molecule has 1 unspecified atom stereocenters. The lowest BCUT2D eigenvalue weighted by Crippen LogP contribution is -2.43. The van der Waals surface area contributed by atoms with Crippen molar-refractivity contribution in [3.8, 4) is 0 Å². The van der Waals surface area contributed by atoms with Crippen molar-refractivity contribution in [3.05, 3.63) is 12.2 Å². The summed E-state index contributed by atoms with van der Waals surface area (Å²) in [4.78, 5) is 12.4. The first-order valence-electron chi connectivity index (χ1n) is 19.3. The lowest BCUT2D eigenvalue weighted by Gasteiger charge is -2.23. The van der Waals surface area contributed by atoms with Crippen LogP contribution < -0.4 is 0 Å². The number of hydrogen-bond acceptors (Lipinski definition) is 4. The highest BCUT2D eigenvalue weighted by Gasteiger charge is 2.36. The minimum Gasteiger partial charge on any atom is -0.463 e. The monoisotopic (exact) mass is 609 g/mol. The molecule has 0 aromatic heterocycles. The molecule has 0 rings (SSSR count). The molecule has 2 N–H and O–H groups in total. The number of carbonyl (C=O) groups is 1. The van der Waals surface area contributed by atoms with E-state index in [0.717, 1.165) is 32.1 Å². The van der Waals surface area contributed by atoms with Gasteiger partial charge in [0.2, 0.25) is 0 Å². The first-order chi connectivity index (χ1) is 21.1. The van der Waals surface area contributed by atoms with Gasteiger partial charge in [0.05, 0.1) is 13.2 Å². The van der Waals surface area contributed by atoms with Crippen LogP contribution in [-0.4, -0.2) is 35.0 Å². The highest BCUT2D eigenvalue weighted by Crippen LogP contribution is 2.19. The first-order valence-corrected chi connectivity index (χ1v) is 19.3. The van der Waals surface area contributed by atoms with Crippen LogP contribution in [0.1, 0.15) is 213 Å². The fraction of sp³-hybridized carbons (Fsp3) is 0.923. The van der Waals surface area contributed by atoms with Gasteiger partial charge in [-0.25, -0.2) is 4.79 Å². The number of rotatable bonds is 35. The van der Waals surface area contributed by atoms with Crippen LogP contribution in [0.15, 0.2) is 12.2 Å². The van der Waals surface area contributed by atoms with E-state index in [2.05, 4.69) is 26.0 Å². The molecule has 0 heterocycles. The second kappa shape index (κ2) is 34.0. The van der Waals surface area contributed by atoms with Crippen molar-refractivity contribution < 1.29 is 19.7 Å². The Hall–Kier alpha value is -0.870. The van der Waals surface area contributed by atoms with Crippen molar-refractivity contribution in [1.82, 2.24) is 0 Å². The van der Waals surface area contributed by atoms with Gasteiger partial charge in [-0.15, -0.1) is 0 Å². The van der Waals surface area contributed by atoms with Crippen LogP contribution >= 0.6 is 0 Å². The molecule has 0 fully saturated rings. The zero-order valence-electron chi connectivity index (χ0n) is 29.2. The van der Waals surface area contributed by atoms with Crippen molar-refractivity contribution in [3.63, 3.8) is 0 Å². The molecule has 0 radical (unpaired) electrons. The van der Waals surface area contributed by atoms with E-state index in [0.29, 0.717) is 6.61 Å². The Labute approximate surface area is 269 Å². The average molecular weight is 609 g/mol. The largest absolute Gasteiger partial charge is 0.463 e. The van der Waals surface area contributed by atoms with Crippen LogP contribution in [0.5, 0.6) is 0 Å². The Morgan fingerprint density at radius 1 is 0.512 bits per heavy atom. The molecule has 1 atom stereocenters. The molecule has 0 saturated carbocycles. The summed E-state index contributed by atoms with van der Waals surface area (Å²) >= 11 is 0. The average Bonchev–Trinajstić information content (AvgIpc) is 3.02. The molecule has 0 aliphatic rings. The first kappa shape index (κ1) is 42.1. The number of carbonyl (C=O) groups excluding carboxylic acids is 1. The maximum atomic E-state index is 12.4. The molecule has 0 aromatic rings. The van der Waals surface area contributed by atoms with Gasteiger partial charge in [0.1, 0.15) is 0 Å². The molecular formula is C39H76O4. The van der Waals surface area contributed by atoms with E-state index in [4.69, 9.17) is 4.74 Å². The van der Waals surface area contributed by atoms with Crippen molar-refractivity contribution in [1.29, 1.82) is 0 Å². The number of aliphatic hydroxyl groups is 2. The Kier molecular flexibility index (Phi) is 33.3. The second-order valence-corrected chi connectivity index (χ2v) is 13.3. The minimum absolute atomic E-state index is 0.280. The minimum atomic E-state index is -1.74. The molecule has 0 amide bonds. The topological polar surface area (TPSA) is 66.8 Å². The molecule has 0 aliphatic heterocycles. The van der Waals surface area contributed by atoms with E-state index in [1.807, 2.05) is 0 Å². The lowest BCUT2D eigenvalue weighted by molar-refractivity contribution is -0.171. The van der Waals surface area contributed by atoms with Crippen LogP contribution in [0, 0.1) is 0 Å². The summed E-state index contributed by atoms with van der Waals surface area (Å²) < 4.78 is 5.34. The SMILES string of the molecule is CCCCCCCC/C=C\CCCCCCCCC(O)(CO)C(=O)OCCCCCCCCCCCCCCCCCC. The number of aliphatic hydroxyl groups excluding tert-OH is 1. The van der Waals surface area contributed by atoms with Crippen LogP contribution in [-0.2, 0) is 9.53 Å². The van der Waals surface area contributed by atoms with E-state index >= 15 is 0 Å². The summed E-state index contributed by atoms with van der Waals surface area (Å²) in [5.74, 6) is -0.649. The quantitative estimate of drug-likeness (QED) is 0.0426. The Bertz CT molecular complexity index is 590. The third-order valence-corrected chi connectivity index (χ3v) is 8.97. The van der Waals surface area contributed by atoms with E-state index in [1.165, 1.54) is 161 Å². The van der Waals surface area contributed by atoms with Gasteiger partial charge in [-0.3, -0.25) is 0 Å². The molecule has 43 heavy (non-hydrogen) atoms. The number of allylic oxidation sites excluding steroid dienone is 2. The Morgan fingerprint density at radius 3 is 1.21 bits per heavy atom. The summed E-state index contributed by atoms with van der Waals surface area (Å²) in [6.45, 7) is 4.32. The van der Waals surface area contributed by atoms with Gasteiger partial charge in [-0.1, -0.05) is 180 Å². The fourth-order valence-corrected chi connectivity index (χ4v) is 5.86. The third-order valence-electron chi connectivity index (χ3n) is 8.97. The molecule has 0 bridgehead atoms. The van der Waals surface area contributed by atoms with Crippen LogP contribution in [0.25, 0.3) is 0 Å². The highest BCUT2D eigenvalue weighted by molar-refractivity contribution is 5.79. The van der Waals surface area contributed by atoms with Crippen LogP contribution in [0.3, 0.4) is 0 Å². The van der Waals surface area contributed by atoms with E-state index in [1.54, 1.807) is 0 Å². The smallest absolute Gasteiger partial charge is 0.340 e. The second-order valence-electron chi connectivity index (χ2n) is 13.3. The van der Waals surface area contributed by atoms with Gasteiger partial charge in [0.25, 0.3) is 0 Å². The van der Waals surface area contributed by atoms with Crippen molar-refractivity contribution in [2.24, 2.45) is 0 Å². The molecule has 0 saturated heterocycles. The predicted octanol–water partition coefficient (Wildman–Crippen LogP) is 11.9. The molecule has 0 spiro atoms. The Morgan fingerprint density at radius 2 is 0.837 bits per heavy atom. The lowest BCUT2D eigenvalue weighted by atomic mass is 9.96. The normalized spacial score (nSPS) is 13.1. The van der Waals surface area contributed by atoms with Crippen molar-refractivity contribution >= 4 is 5.97 Å². The summed E-state index contributed by atoms with van der Waals surface area (Å²) in [5, 5.41) is 20.3. The fourth-order valence-electron chi connectivity index (χ4n) is 5.86. The van der Waals surface area contributed by atoms with Gasteiger partial charge in [0, 0.05) is 0 Å². The number of unbranched alkanes of at least 4 members (excludes halogenated alkanes) is 27. The summed E-state index contributed by atoms with van der Waals surface area (Å²) in [6, 6.07) is 0. The molecule has 4 heteroatoms. The third kappa shape index (κ3) is 29.6. The highest BCUT2D eigenvalue weighted by atomic mass is 16.6. The standard InChI is InChI=1S/C39H76O4/c1-3-5-7-9-11-13-15-17-19-21-23-25-27-29-31-33-35-39(42,37-40)38(41)43-36-34-32-30-28-26-24-22-20-18-16-14-12-10-8-6-4-2/h17,19,40,42H,3-16,18,20-37H2,1-2H3/b19-17-. The predicted molar refractivity (Wildman–Crippen MR) is 187 cm³/mol. The van der Waals surface area contributed by atoms with Gasteiger partial charge in [-0.05, 0) is 44.9 Å². The van der Waals surface area contributed by atoms with Gasteiger partial charge < -0.3 is 14.9 Å². The molecule has 0 aliphatic carbocycles. The zero-order valence-corrected chi connectivity index (χ0v) is 29.2. The van der Waals surface area contributed by atoms with Gasteiger partial charge in [-0.2, -0.15) is 0 Å². The number of esters is 1. The molecule has 0 aromatic carbocycles. The van der Waals surface area contributed by atoms with Crippen molar-refractivity contribution in [2.75, 3.05) is 13.2 Å². The summed E-state index contributed by atoms with van der Waals surface area (Å²) in [7, 11) is 0.